The molecule has 0 spiro atoms. The van der Waals surface area contributed by atoms with E-state index in [4.69, 9.17) is 4.42 Å². The Morgan fingerprint density at radius 2 is 2.14 bits per heavy atom. The van der Waals surface area contributed by atoms with Gasteiger partial charge in [-0.25, -0.2) is 4.98 Å². The zero-order chi connectivity index (χ0) is 20.0. The molecule has 0 saturated carbocycles. The van der Waals surface area contributed by atoms with Crippen LogP contribution in [0, 0.1) is 5.92 Å². The number of rotatable bonds is 3. The van der Waals surface area contributed by atoms with Crippen LogP contribution in [0.2, 0.25) is 0 Å². The molecule has 0 amide bonds. The number of fused-ring (bicyclic) bond motifs is 2. The van der Waals surface area contributed by atoms with E-state index < -0.39 is 0 Å². The summed E-state index contributed by atoms with van der Waals surface area (Å²) in [5.41, 5.74) is 2.45. The molecule has 5 nitrogen and oxygen atoms in total. The zero-order valence-corrected chi connectivity index (χ0v) is 17.1. The highest BCUT2D eigenvalue weighted by Gasteiger charge is 2.24. The SMILES string of the molecule is C[C@H]1CCC[NH+](Cc2c(O)ccc3c(=O)c(-c4nc5ccccc5s4)coc23)C1. The minimum Gasteiger partial charge on any atom is -0.507 e. The van der Waals surface area contributed by atoms with E-state index in [2.05, 4.69) is 11.9 Å². The van der Waals surface area contributed by atoms with Crippen LogP contribution in [0.4, 0.5) is 0 Å². The Morgan fingerprint density at radius 1 is 1.28 bits per heavy atom. The van der Waals surface area contributed by atoms with E-state index in [9.17, 15) is 9.90 Å². The summed E-state index contributed by atoms with van der Waals surface area (Å²) in [6, 6.07) is 11.1. The number of phenolic OH excluding ortho intramolecular Hbond substituents is 1. The van der Waals surface area contributed by atoms with E-state index in [1.54, 1.807) is 12.1 Å². The molecule has 5 rings (SSSR count). The monoisotopic (exact) mass is 407 g/mol. The van der Waals surface area contributed by atoms with Crippen molar-refractivity contribution < 1.29 is 14.4 Å². The minimum absolute atomic E-state index is 0.103. The fraction of sp³-hybridized carbons (Fsp3) is 0.304. The molecule has 29 heavy (non-hydrogen) atoms. The average Bonchev–Trinajstić information content (AvgIpc) is 3.14. The summed E-state index contributed by atoms with van der Waals surface area (Å²) in [4.78, 5) is 19.3. The largest absolute Gasteiger partial charge is 0.507 e. The van der Waals surface area contributed by atoms with Crippen LogP contribution in [-0.2, 0) is 6.54 Å². The van der Waals surface area contributed by atoms with Crippen molar-refractivity contribution in [2.24, 2.45) is 5.92 Å². The highest BCUT2D eigenvalue weighted by molar-refractivity contribution is 7.21. The lowest BCUT2D eigenvalue weighted by Crippen LogP contribution is -3.12. The molecular weight excluding hydrogens is 384 g/mol. The summed E-state index contributed by atoms with van der Waals surface area (Å²) < 4.78 is 6.99. The van der Waals surface area contributed by atoms with E-state index in [0.717, 1.165) is 28.9 Å². The van der Waals surface area contributed by atoms with E-state index in [-0.39, 0.29) is 11.2 Å². The van der Waals surface area contributed by atoms with Gasteiger partial charge in [-0.2, -0.15) is 0 Å². The van der Waals surface area contributed by atoms with E-state index >= 15 is 0 Å². The maximum atomic E-state index is 13.2. The van der Waals surface area contributed by atoms with Gasteiger partial charge in [-0.1, -0.05) is 19.1 Å². The van der Waals surface area contributed by atoms with Crippen molar-refractivity contribution in [1.29, 1.82) is 0 Å². The predicted octanol–water partition coefficient (Wildman–Crippen LogP) is 3.59. The third-order valence-corrected chi connectivity index (χ3v) is 6.90. The number of thiazole rings is 1. The summed E-state index contributed by atoms with van der Waals surface area (Å²) in [5.74, 6) is 0.868. The van der Waals surface area contributed by atoms with Gasteiger partial charge in [0.1, 0.15) is 29.1 Å². The number of nitrogens with zero attached hydrogens (tertiary/aromatic N) is 1. The van der Waals surface area contributed by atoms with Crippen molar-refractivity contribution in [3.05, 3.63) is 58.4 Å². The van der Waals surface area contributed by atoms with Crippen LogP contribution in [0.25, 0.3) is 31.8 Å². The van der Waals surface area contributed by atoms with E-state index in [1.165, 1.54) is 35.3 Å². The zero-order valence-electron chi connectivity index (χ0n) is 16.3. The standard InChI is InChI=1S/C23H22N2O3S/c1-14-5-4-10-25(11-14)12-16-19(26)9-8-15-21(27)17(13-28-22(15)16)23-24-18-6-2-3-7-20(18)29-23/h2-3,6-9,13-14,26H,4-5,10-12H2,1H3/p+1/t14-/m0/s1. The summed E-state index contributed by atoms with van der Waals surface area (Å²) in [5, 5.41) is 11.7. The second kappa shape index (κ2) is 7.28. The molecule has 2 atom stereocenters. The summed E-state index contributed by atoms with van der Waals surface area (Å²) in [6.45, 7) is 5.08. The van der Waals surface area contributed by atoms with Gasteiger partial charge in [0.05, 0.1) is 39.8 Å². The van der Waals surface area contributed by atoms with Crippen LogP contribution >= 0.6 is 11.3 Å². The van der Waals surface area contributed by atoms with Crippen LogP contribution in [0.1, 0.15) is 25.3 Å². The van der Waals surface area contributed by atoms with Gasteiger partial charge in [0.2, 0.25) is 5.43 Å². The molecule has 1 aliphatic heterocycles. The lowest BCUT2D eigenvalue weighted by Gasteiger charge is -2.28. The lowest BCUT2D eigenvalue weighted by atomic mass is 9.99. The second-order valence-corrected chi connectivity index (χ2v) is 9.06. The van der Waals surface area contributed by atoms with Crippen LogP contribution in [0.5, 0.6) is 5.75 Å². The Bertz CT molecular complexity index is 1230. The smallest absolute Gasteiger partial charge is 0.202 e. The quantitative estimate of drug-likeness (QED) is 0.545. The number of quaternary nitrogens is 1. The van der Waals surface area contributed by atoms with Crippen molar-refractivity contribution in [2.45, 2.75) is 26.3 Å². The number of nitrogens with one attached hydrogen (secondary N) is 1. The van der Waals surface area contributed by atoms with Gasteiger partial charge in [0, 0.05) is 5.92 Å². The molecule has 3 heterocycles. The van der Waals surface area contributed by atoms with Crippen molar-refractivity contribution in [1.82, 2.24) is 4.98 Å². The third kappa shape index (κ3) is 3.32. The highest BCUT2D eigenvalue weighted by atomic mass is 32.1. The summed E-state index contributed by atoms with van der Waals surface area (Å²) in [7, 11) is 0. The topological polar surface area (TPSA) is 67.8 Å². The van der Waals surface area contributed by atoms with Gasteiger partial charge in [0.25, 0.3) is 0 Å². The van der Waals surface area contributed by atoms with Crippen molar-refractivity contribution >= 4 is 32.5 Å². The van der Waals surface area contributed by atoms with Crippen LogP contribution in [0.15, 0.2) is 51.9 Å². The number of piperidine rings is 1. The molecule has 2 N–H and O–H groups in total. The maximum absolute atomic E-state index is 13.2. The molecule has 4 aromatic rings. The number of aromatic hydroxyl groups is 1. The first-order valence-electron chi connectivity index (χ1n) is 10.1. The Balaban J connectivity index is 1.59. The first kappa shape index (κ1) is 18.3. The van der Waals surface area contributed by atoms with Gasteiger partial charge < -0.3 is 14.4 Å². The predicted molar refractivity (Wildman–Crippen MR) is 116 cm³/mol. The molecule has 1 aliphatic rings. The molecule has 1 unspecified atom stereocenters. The average molecular weight is 408 g/mol. The maximum Gasteiger partial charge on any atom is 0.202 e. The molecule has 1 saturated heterocycles. The van der Waals surface area contributed by atoms with Gasteiger partial charge in [0.15, 0.2) is 0 Å². The minimum atomic E-state index is -0.103. The third-order valence-electron chi connectivity index (χ3n) is 5.84. The Labute approximate surface area is 172 Å². The fourth-order valence-corrected chi connectivity index (χ4v) is 5.33. The van der Waals surface area contributed by atoms with E-state index in [0.29, 0.717) is 34.0 Å². The van der Waals surface area contributed by atoms with Crippen molar-refractivity contribution in [3.8, 4) is 16.3 Å². The fourth-order valence-electron chi connectivity index (χ4n) is 4.36. The Kier molecular flexibility index (Phi) is 4.60. The van der Waals surface area contributed by atoms with E-state index in [1.807, 2.05) is 24.3 Å². The van der Waals surface area contributed by atoms with Crippen LogP contribution in [0.3, 0.4) is 0 Å². The molecule has 1 fully saturated rings. The molecule has 2 aromatic heterocycles. The summed E-state index contributed by atoms with van der Waals surface area (Å²) >= 11 is 1.48. The summed E-state index contributed by atoms with van der Waals surface area (Å²) in [6.07, 6.45) is 3.94. The number of benzene rings is 2. The highest BCUT2D eigenvalue weighted by Crippen LogP contribution is 2.31. The lowest BCUT2D eigenvalue weighted by molar-refractivity contribution is -0.922. The molecule has 0 radical (unpaired) electrons. The van der Waals surface area contributed by atoms with Gasteiger partial charge in [-0.05, 0) is 37.1 Å². The normalized spacial score (nSPS) is 19.8. The number of phenols is 1. The van der Waals surface area contributed by atoms with Crippen LogP contribution in [-0.4, -0.2) is 23.2 Å². The first-order chi connectivity index (χ1) is 14.1. The number of hydrogen-bond acceptors (Lipinski definition) is 5. The molecular formula is C23H23N2O3S+. The number of para-hydroxylation sites is 1. The van der Waals surface area contributed by atoms with Crippen LogP contribution < -0.4 is 10.3 Å². The number of likely N-dealkylation sites (tertiary alicyclic amines) is 1. The van der Waals surface area contributed by atoms with Gasteiger partial charge in [-0.3, -0.25) is 4.79 Å². The van der Waals surface area contributed by atoms with Gasteiger partial charge >= 0.3 is 0 Å². The molecule has 2 aromatic carbocycles. The number of hydrogen-bond donors (Lipinski definition) is 2. The first-order valence-corrected chi connectivity index (χ1v) is 10.9. The molecule has 0 bridgehead atoms. The van der Waals surface area contributed by atoms with Crippen molar-refractivity contribution in [3.63, 3.8) is 0 Å². The van der Waals surface area contributed by atoms with Crippen molar-refractivity contribution in [2.75, 3.05) is 13.1 Å². The number of aromatic nitrogens is 1. The molecule has 0 aliphatic carbocycles. The Hall–Kier alpha value is -2.70. The molecule has 148 valence electrons. The second-order valence-electron chi connectivity index (χ2n) is 8.03. The van der Waals surface area contributed by atoms with Gasteiger partial charge in [-0.15, -0.1) is 11.3 Å². The Morgan fingerprint density at radius 3 is 2.97 bits per heavy atom. The molecule has 6 heteroatoms.